The van der Waals surface area contributed by atoms with Crippen molar-refractivity contribution >= 4 is 22.6 Å². The van der Waals surface area contributed by atoms with Gasteiger partial charge in [-0.25, -0.2) is 4.79 Å². The van der Waals surface area contributed by atoms with Gasteiger partial charge in [0.1, 0.15) is 0 Å². The Balaban J connectivity index is 2.58. The first kappa shape index (κ1) is 12.1. The Morgan fingerprint density at radius 1 is 1.35 bits per heavy atom. The number of benzene rings is 1. The van der Waals surface area contributed by atoms with E-state index in [1.165, 1.54) is 6.07 Å². The number of hydrogen-bond acceptors (Lipinski definition) is 3. The molecule has 90 valence electrons. The van der Waals surface area contributed by atoms with Crippen LogP contribution in [0.5, 0.6) is 0 Å². The van der Waals surface area contributed by atoms with Crippen molar-refractivity contribution in [2.45, 2.75) is 6.18 Å². The van der Waals surface area contributed by atoms with Crippen LogP contribution in [0, 0.1) is 3.57 Å². The van der Waals surface area contributed by atoms with Crippen molar-refractivity contribution in [3.63, 3.8) is 0 Å². The van der Waals surface area contributed by atoms with Crippen LogP contribution in [0.1, 0.15) is 5.56 Å². The lowest BCUT2D eigenvalue weighted by atomic mass is 10.1. The van der Waals surface area contributed by atoms with Gasteiger partial charge in [-0.1, -0.05) is 5.16 Å². The summed E-state index contributed by atoms with van der Waals surface area (Å²) in [5.74, 6) is -0.835. The summed E-state index contributed by atoms with van der Waals surface area (Å²) in [4.78, 5) is 13.0. The quantitative estimate of drug-likeness (QED) is 0.800. The first-order chi connectivity index (χ1) is 7.88. The van der Waals surface area contributed by atoms with E-state index >= 15 is 0 Å². The van der Waals surface area contributed by atoms with Gasteiger partial charge in [-0.15, -0.1) is 0 Å². The number of rotatable bonds is 1. The molecule has 0 aliphatic heterocycles. The van der Waals surface area contributed by atoms with Crippen molar-refractivity contribution in [2.75, 3.05) is 0 Å². The number of H-pyrrole nitrogens is 1. The fraction of sp³-hybridized carbons (Fsp3) is 0.111. The molecule has 8 heteroatoms. The molecule has 0 radical (unpaired) electrons. The van der Waals surface area contributed by atoms with E-state index in [2.05, 4.69) is 14.7 Å². The van der Waals surface area contributed by atoms with Gasteiger partial charge in [-0.05, 0) is 40.8 Å². The molecule has 1 N–H and O–H groups in total. The molecule has 0 fully saturated rings. The summed E-state index contributed by atoms with van der Waals surface area (Å²) in [5, 5.41) is 3.35. The lowest BCUT2D eigenvalue weighted by Gasteiger charge is -2.08. The average molecular weight is 356 g/mol. The molecule has 0 saturated heterocycles. The van der Waals surface area contributed by atoms with Crippen LogP contribution in [0.2, 0.25) is 0 Å². The summed E-state index contributed by atoms with van der Waals surface area (Å²) in [5.41, 5.74) is -0.636. The Bertz CT molecular complexity index is 603. The zero-order valence-electron chi connectivity index (χ0n) is 8.01. The summed E-state index contributed by atoms with van der Waals surface area (Å²) >= 11 is 1.85. The molecule has 0 bridgehead atoms. The predicted octanol–water partition coefficient (Wildman–Crippen LogP) is 2.65. The van der Waals surface area contributed by atoms with E-state index in [1.54, 1.807) is 0 Å². The Hall–Kier alpha value is -1.32. The number of halogens is 4. The highest BCUT2D eigenvalue weighted by Gasteiger charge is 2.31. The van der Waals surface area contributed by atoms with Crippen LogP contribution < -0.4 is 5.76 Å². The number of aromatic amines is 1. The molecule has 1 aromatic heterocycles. The molecule has 2 aromatic rings. The van der Waals surface area contributed by atoms with Gasteiger partial charge >= 0.3 is 11.9 Å². The summed E-state index contributed by atoms with van der Waals surface area (Å²) in [7, 11) is 0. The van der Waals surface area contributed by atoms with Crippen molar-refractivity contribution in [3.8, 4) is 11.4 Å². The second-order valence-electron chi connectivity index (χ2n) is 3.14. The summed E-state index contributed by atoms with van der Waals surface area (Å²) in [6.07, 6.45) is -4.44. The highest BCUT2D eigenvalue weighted by molar-refractivity contribution is 14.1. The molecule has 17 heavy (non-hydrogen) atoms. The Kier molecular flexibility index (Phi) is 2.98. The smallest absolute Gasteiger partial charge is 0.296 e. The lowest BCUT2D eigenvalue weighted by Crippen LogP contribution is -2.05. The van der Waals surface area contributed by atoms with Gasteiger partial charge in [0.2, 0.25) is 0 Å². The minimum absolute atomic E-state index is 0.0227. The molecule has 2 rings (SSSR count). The normalized spacial score (nSPS) is 11.8. The standard InChI is InChI=1S/C9H4F3IN2O2/c10-9(11,12)4-1-2-6(13)5(3-4)7-14-8(16)17-15-7/h1-3H,(H,14,15,16). The molecule has 0 atom stereocenters. The van der Waals surface area contributed by atoms with E-state index in [-0.39, 0.29) is 11.4 Å². The SMILES string of the molecule is O=c1[nH]c(-c2cc(C(F)(F)F)ccc2I)no1. The van der Waals surface area contributed by atoms with Gasteiger partial charge in [-0.3, -0.25) is 9.51 Å². The summed E-state index contributed by atoms with van der Waals surface area (Å²) in [6, 6.07) is 3.17. The predicted molar refractivity (Wildman–Crippen MR) is 60.3 cm³/mol. The second kappa shape index (κ2) is 4.17. The van der Waals surface area contributed by atoms with Crippen molar-refractivity contribution < 1.29 is 17.7 Å². The minimum atomic E-state index is -4.44. The van der Waals surface area contributed by atoms with E-state index in [9.17, 15) is 18.0 Å². The third kappa shape index (κ3) is 2.51. The third-order valence-corrected chi connectivity index (χ3v) is 2.93. The van der Waals surface area contributed by atoms with Crippen molar-refractivity contribution in [1.29, 1.82) is 0 Å². The molecular formula is C9H4F3IN2O2. The molecule has 1 aromatic carbocycles. The molecule has 0 saturated carbocycles. The van der Waals surface area contributed by atoms with Gasteiger partial charge < -0.3 is 0 Å². The Morgan fingerprint density at radius 3 is 2.59 bits per heavy atom. The van der Waals surface area contributed by atoms with Gasteiger partial charge in [0.25, 0.3) is 0 Å². The second-order valence-corrected chi connectivity index (χ2v) is 4.30. The zero-order chi connectivity index (χ0) is 12.6. The zero-order valence-corrected chi connectivity index (χ0v) is 10.2. The Labute approximate surface area is 106 Å². The number of nitrogens with one attached hydrogen (secondary N) is 1. The molecule has 0 spiro atoms. The van der Waals surface area contributed by atoms with Crippen LogP contribution >= 0.6 is 22.6 Å². The Morgan fingerprint density at radius 2 is 2.06 bits per heavy atom. The fourth-order valence-corrected chi connectivity index (χ4v) is 1.82. The highest BCUT2D eigenvalue weighted by Crippen LogP contribution is 2.33. The average Bonchev–Trinajstić information content (AvgIpc) is 2.63. The van der Waals surface area contributed by atoms with Crippen LogP contribution in [-0.2, 0) is 6.18 Å². The molecule has 4 nitrogen and oxygen atoms in total. The molecule has 0 aliphatic carbocycles. The molecule has 0 aliphatic rings. The molecule has 0 amide bonds. The van der Waals surface area contributed by atoms with Crippen molar-refractivity contribution in [1.82, 2.24) is 10.1 Å². The maximum atomic E-state index is 12.5. The highest BCUT2D eigenvalue weighted by atomic mass is 127. The van der Waals surface area contributed by atoms with E-state index in [4.69, 9.17) is 0 Å². The van der Waals surface area contributed by atoms with Crippen molar-refractivity contribution in [3.05, 3.63) is 37.9 Å². The van der Waals surface area contributed by atoms with Crippen LogP contribution in [0.3, 0.4) is 0 Å². The van der Waals surface area contributed by atoms with Crippen LogP contribution in [0.15, 0.2) is 27.5 Å². The summed E-state index contributed by atoms with van der Waals surface area (Å²) < 4.78 is 42.3. The first-order valence-electron chi connectivity index (χ1n) is 4.31. The minimum Gasteiger partial charge on any atom is -0.296 e. The van der Waals surface area contributed by atoms with E-state index in [0.717, 1.165) is 12.1 Å². The maximum Gasteiger partial charge on any atom is 0.439 e. The first-order valence-corrected chi connectivity index (χ1v) is 5.39. The molecule has 1 heterocycles. The van der Waals surface area contributed by atoms with Crippen LogP contribution in [-0.4, -0.2) is 10.1 Å². The fourth-order valence-electron chi connectivity index (χ4n) is 1.23. The summed E-state index contributed by atoms with van der Waals surface area (Å²) in [6.45, 7) is 0. The van der Waals surface area contributed by atoms with Gasteiger partial charge in [0.05, 0.1) is 5.56 Å². The number of hydrogen-bond donors (Lipinski definition) is 1. The van der Waals surface area contributed by atoms with E-state index < -0.39 is 17.5 Å². The topological polar surface area (TPSA) is 58.9 Å². The van der Waals surface area contributed by atoms with E-state index in [0.29, 0.717) is 3.57 Å². The number of alkyl halides is 3. The van der Waals surface area contributed by atoms with Crippen LogP contribution in [0.4, 0.5) is 13.2 Å². The maximum absolute atomic E-state index is 12.5. The molecule has 0 unspecified atom stereocenters. The van der Waals surface area contributed by atoms with Gasteiger partial charge in [0, 0.05) is 9.13 Å². The van der Waals surface area contributed by atoms with E-state index in [1.807, 2.05) is 22.6 Å². The lowest BCUT2D eigenvalue weighted by molar-refractivity contribution is -0.137. The number of nitrogens with zero attached hydrogens (tertiary/aromatic N) is 1. The third-order valence-electron chi connectivity index (χ3n) is 1.99. The number of aromatic nitrogens is 2. The van der Waals surface area contributed by atoms with Gasteiger partial charge in [-0.2, -0.15) is 13.2 Å². The van der Waals surface area contributed by atoms with Gasteiger partial charge in [0.15, 0.2) is 5.82 Å². The molecular weight excluding hydrogens is 352 g/mol. The van der Waals surface area contributed by atoms with Crippen LogP contribution in [0.25, 0.3) is 11.4 Å². The largest absolute Gasteiger partial charge is 0.439 e. The van der Waals surface area contributed by atoms with Crippen molar-refractivity contribution in [2.24, 2.45) is 0 Å². The monoisotopic (exact) mass is 356 g/mol.